The second-order valence-electron chi connectivity index (χ2n) is 5.31. The number of nitro benzene ring substituents is 1. The number of aryl methyl sites for hydroxylation is 1. The first-order valence-electron chi connectivity index (χ1n) is 7.03. The van der Waals surface area contributed by atoms with Gasteiger partial charge in [0.2, 0.25) is 10.0 Å². The monoisotopic (exact) mass is 334 g/mol. The summed E-state index contributed by atoms with van der Waals surface area (Å²) in [5.41, 5.74) is 1.08. The molecule has 122 valence electrons. The van der Waals surface area contributed by atoms with Gasteiger partial charge in [-0.05, 0) is 25.0 Å². The molecule has 0 spiro atoms. The SMILES string of the molecule is Cc1ccc([N+](=O)[O-])cc1S(=O)(=O)N(C)[C@H](C)c1ccccc1. The number of rotatable bonds is 5. The van der Waals surface area contributed by atoms with Gasteiger partial charge in [0.25, 0.3) is 5.69 Å². The van der Waals surface area contributed by atoms with Crippen LogP contribution in [-0.4, -0.2) is 24.7 Å². The molecule has 0 aliphatic carbocycles. The summed E-state index contributed by atoms with van der Waals surface area (Å²) in [5.74, 6) is 0. The first kappa shape index (κ1) is 17.1. The molecule has 0 fully saturated rings. The van der Waals surface area contributed by atoms with Gasteiger partial charge in [-0.2, -0.15) is 4.31 Å². The zero-order valence-corrected chi connectivity index (χ0v) is 13.9. The summed E-state index contributed by atoms with van der Waals surface area (Å²) in [5, 5.41) is 10.9. The summed E-state index contributed by atoms with van der Waals surface area (Å²) in [4.78, 5) is 10.3. The maximum absolute atomic E-state index is 12.8. The Hall–Kier alpha value is -2.25. The molecule has 0 radical (unpaired) electrons. The van der Waals surface area contributed by atoms with Crippen LogP contribution in [0, 0.1) is 17.0 Å². The highest BCUT2D eigenvalue weighted by Gasteiger charge is 2.29. The molecule has 0 saturated carbocycles. The highest BCUT2D eigenvalue weighted by molar-refractivity contribution is 7.89. The summed E-state index contributed by atoms with van der Waals surface area (Å²) in [6.07, 6.45) is 0. The fourth-order valence-electron chi connectivity index (χ4n) is 2.29. The quantitative estimate of drug-likeness (QED) is 0.621. The van der Waals surface area contributed by atoms with E-state index < -0.39 is 14.9 Å². The summed E-state index contributed by atoms with van der Waals surface area (Å²) in [7, 11) is -2.37. The second-order valence-corrected chi connectivity index (χ2v) is 7.28. The van der Waals surface area contributed by atoms with Crippen LogP contribution < -0.4 is 0 Å². The van der Waals surface area contributed by atoms with Gasteiger partial charge >= 0.3 is 0 Å². The average Bonchev–Trinajstić information content (AvgIpc) is 2.54. The summed E-state index contributed by atoms with van der Waals surface area (Å²) < 4.78 is 26.9. The van der Waals surface area contributed by atoms with Crippen molar-refractivity contribution in [1.29, 1.82) is 0 Å². The van der Waals surface area contributed by atoms with Crippen LogP contribution in [0.15, 0.2) is 53.4 Å². The summed E-state index contributed by atoms with van der Waals surface area (Å²) in [6.45, 7) is 3.40. The Morgan fingerprint density at radius 3 is 2.30 bits per heavy atom. The first-order chi connectivity index (χ1) is 10.7. The molecule has 0 aliphatic rings. The van der Waals surface area contributed by atoms with Crippen molar-refractivity contribution in [3.8, 4) is 0 Å². The molecule has 2 aromatic rings. The molecule has 0 unspecified atom stereocenters. The van der Waals surface area contributed by atoms with Gasteiger partial charge in [0, 0.05) is 25.2 Å². The third-order valence-corrected chi connectivity index (χ3v) is 5.94. The normalized spacial score (nSPS) is 13.0. The Morgan fingerprint density at radius 1 is 1.13 bits per heavy atom. The Bertz CT molecular complexity index is 819. The predicted molar refractivity (Wildman–Crippen MR) is 87.6 cm³/mol. The maximum atomic E-state index is 12.8. The molecule has 0 saturated heterocycles. The zero-order chi connectivity index (χ0) is 17.2. The lowest BCUT2D eigenvalue weighted by Crippen LogP contribution is -2.30. The fraction of sp³-hybridized carbons (Fsp3) is 0.250. The third kappa shape index (κ3) is 3.40. The number of benzene rings is 2. The van der Waals surface area contributed by atoms with Crippen LogP contribution in [0.4, 0.5) is 5.69 Å². The van der Waals surface area contributed by atoms with Gasteiger partial charge in [0.05, 0.1) is 9.82 Å². The lowest BCUT2D eigenvalue weighted by Gasteiger charge is -2.25. The van der Waals surface area contributed by atoms with Crippen molar-refractivity contribution in [1.82, 2.24) is 4.31 Å². The van der Waals surface area contributed by atoms with E-state index in [-0.39, 0.29) is 16.6 Å². The Balaban J connectivity index is 2.45. The number of hydrogen-bond acceptors (Lipinski definition) is 4. The molecule has 0 bridgehead atoms. The van der Waals surface area contributed by atoms with E-state index in [2.05, 4.69) is 0 Å². The smallest absolute Gasteiger partial charge is 0.258 e. The van der Waals surface area contributed by atoms with Crippen molar-refractivity contribution >= 4 is 15.7 Å². The van der Waals surface area contributed by atoms with Crippen molar-refractivity contribution in [2.75, 3.05) is 7.05 Å². The number of hydrogen-bond donors (Lipinski definition) is 0. The van der Waals surface area contributed by atoms with Crippen molar-refractivity contribution in [2.45, 2.75) is 24.8 Å². The molecule has 0 heterocycles. The average molecular weight is 334 g/mol. The van der Waals surface area contributed by atoms with Crippen LogP contribution in [-0.2, 0) is 10.0 Å². The number of nitro groups is 1. The third-order valence-electron chi connectivity index (χ3n) is 3.87. The molecule has 2 rings (SSSR count). The molecule has 23 heavy (non-hydrogen) atoms. The van der Waals surface area contributed by atoms with E-state index >= 15 is 0 Å². The Morgan fingerprint density at radius 2 is 1.74 bits per heavy atom. The molecular formula is C16H18N2O4S. The van der Waals surface area contributed by atoms with E-state index in [1.165, 1.54) is 23.5 Å². The van der Waals surface area contributed by atoms with E-state index in [0.29, 0.717) is 5.56 Å². The standard InChI is InChI=1S/C16H18N2O4S/c1-12-9-10-15(18(19)20)11-16(12)23(21,22)17(3)13(2)14-7-5-4-6-8-14/h4-11,13H,1-3H3/t13-/m1/s1. The summed E-state index contributed by atoms with van der Waals surface area (Å²) in [6, 6.07) is 12.7. The molecule has 2 aromatic carbocycles. The highest BCUT2D eigenvalue weighted by atomic mass is 32.2. The van der Waals surface area contributed by atoms with Crippen LogP contribution >= 0.6 is 0 Å². The molecule has 0 N–H and O–H groups in total. The van der Waals surface area contributed by atoms with E-state index in [9.17, 15) is 18.5 Å². The van der Waals surface area contributed by atoms with Crippen LogP contribution in [0.3, 0.4) is 0 Å². The van der Waals surface area contributed by atoms with Gasteiger partial charge < -0.3 is 0 Å². The zero-order valence-electron chi connectivity index (χ0n) is 13.1. The molecule has 6 nitrogen and oxygen atoms in total. The minimum atomic E-state index is -3.84. The number of nitrogens with zero attached hydrogens (tertiary/aromatic N) is 2. The molecule has 0 aromatic heterocycles. The molecule has 0 aliphatic heterocycles. The Labute approximate surface area is 135 Å². The van der Waals surface area contributed by atoms with Gasteiger partial charge in [-0.3, -0.25) is 10.1 Å². The molecule has 0 amide bonds. The largest absolute Gasteiger partial charge is 0.270 e. The van der Waals surface area contributed by atoms with Gasteiger partial charge in [-0.15, -0.1) is 0 Å². The van der Waals surface area contributed by atoms with Crippen molar-refractivity contribution in [3.05, 3.63) is 69.8 Å². The first-order valence-corrected chi connectivity index (χ1v) is 8.47. The lowest BCUT2D eigenvalue weighted by molar-refractivity contribution is -0.385. The van der Waals surface area contributed by atoms with Crippen molar-refractivity contribution in [2.24, 2.45) is 0 Å². The van der Waals surface area contributed by atoms with Crippen molar-refractivity contribution in [3.63, 3.8) is 0 Å². The lowest BCUT2D eigenvalue weighted by atomic mass is 10.1. The van der Waals surface area contributed by atoms with Crippen molar-refractivity contribution < 1.29 is 13.3 Å². The van der Waals surface area contributed by atoms with E-state index in [0.717, 1.165) is 11.6 Å². The topological polar surface area (TPSA) is 80.5 Å². The van der Waals surface area contributed by atoms with Crippen LogP contribution in [0.1, 0.15) is 24.1 Å². The number of non-ortho nitro benzene ring substituents is 1. The van der Waals surface area contributed by atoms with Crippen LogP contribution in [0.25, 0.3) is 0 Å². The van der Waals surface area contributed by atoms with Gasteiger partial charge in [-0.1, -0.05) is 36.4 Å². The summed E-state index contributed by atoms with van der Waals surface area (Å²) >= 11 is 0. The minimum Gasteiger partial charge on any atom is -0.258 e. The van der Waals surface area contributed by atoms with Crippen LogP contribution in [0.2, 0.25) is 0 Å². The predicted octanol–water partition coefficient (Wildman–Crippen LogP) is 3.28. The molecule has 7 heteroatoms. The second kappa shape index (κ2) is 6.47. The fourth-order valence-corrected chi connectivity index (χ4v) is 3.88. The molecule has 1 atom stereocenters. The van der Waals surface area contributed by atoms with E-state index in [1.807, 2.05) is 30.3 Å². The number of sulfonamides is 1. The minimum absolute atomic E-state index is 0.0445. The maximum Gasteiger partial charge on any atom is 0.270 e. The van der Waals surface area contributed by atoms with Gasteiger partial charge in [-0.25, -0.2) is 8.42 Å². The highest BCUT2D eigenvalue weighted by Crippen LogP contribution is 2.29. The molecular weight excluding hydrogens is 316 g/mol. The van der Waals surface area contributed by atoms with E-state index in [4.69, 9.17) is 0 Å². The Kier molecular flexibility index (Phi) is 4.82. The van der Waals surface area contributed by atoms with Gasteiger partial charge in [0.15, 0.2) is 0 Å². The van der Waals surface area contributed by atoms with E-state index in [1.54, 1.807) is 13.8 Å². The van der Waals surface area contributed by atoms with Crippen LogP contribution in [0.5, 0.6) is 0 Å². The van der Waals surface area contributed by atoms with Gasteiger partial charge in [0.1, 0.15) is 0 Å².